The van der Waals surface area contributed by atoms with E-state index in [0.29, 0.717) is 0 Å². The van der Waals surface area contributed by atoms with Crippen molar-refractivity contribution in [3.05, 3.63) is 11.8 Å². The first-order valence-corrected chi connectivity index (χ1v) is 4.67. The number of rotatable bonds is 2. The van der Waals surface area contributed by atoms with E-state index in [0.717, 1.165) is 0 Å². The van der Waals surface area contributed by atoms with Gasteiger partial charge in [-0.15, -0.1) is 0 Å². The highest BCUT2D eigenvalue weighted by atomic mass is 35.7. The van der Waals surface area contributed by atoms with Crippen LogP contribution in [0.2, 0.25) is 0 Å². The van der Waals surface area contributed by atoms with Crippen molar-refractivity contribution in [2.75, 3.05) is 0 Å². The molecule has 0 amide bonds. The van der Waals surface area contributed by atoms with Gasteiger partial charge in [-0.2, -0.15) is 0 Å². The lowest BCUT2D eigenvalue weighted by Crippen LogP contribution is -1.79. The van der Waals surface area contributed by atoms with Crippen LogP contribution in [0.3, 0.4) is 0 Å². The Morgan fingerprint density at radius 3 is 2.44 bits per heavy atom. The van der Waals surface area contributed by atoms with Gasteiger partial charge in [0, 0.05) is 11.2 Å². The summed E-state index contributed by atoms with van der Waals surface area (Å²) in [4.78, 5) is 8.36. The van der Waals surface area contributed by atoms with E-state index in [4.69, 9.17) is 16.1 Å². The van der Waals surface area contributed by atoms with Gasteiger partial charge in [-0.1, -0.05) is 0 Å². The van der Waals surface area contributed by atoms with E-state index >= 15 is 0 Å². The molecule has 0 aromatic carbocycles. The lowest BCUT2D eigenvalue weighted by Gasteiger charge is -2.03. The van der Waals surface area contributed by atoms with E-state index in [1.54, 1.807) is 6.92 Å². The van der Waals surface area contributed by atoms with Gasteiger partial charge >= 0.3 is 6.95 Å². The average Bonchev–Trinajstić information content (AvgIpc) is 1.62. The molecule has 0 aliphatic carbocycles. The van der Waals surface area contributed by atoms with Crippen LogP contribution in [0, 0.1) is 6.08 Å². The molecular formula is C4H7ClO3P. The van der Waals surface area contributed by atoms with Crippen LogP contribution in [0.1, 0.15) is 13.8 Å². The molecule has 0 spiro atoms. The lowest BCUT2D eigenvalue weighted by atomic mass is 10.5. The molecule has 0 aliphatic heterocycles. The molecule has 0 aromatic rings. The molecule has 0 saturated carbocycles. The van der Waals surface area contributed by atoms with Crippen LogP contribution >= 0.6 is 18.2 Å². The Labute approximate surface area is 58.6 Å². The molecular weight excluding hydrogens is 162 g/mol. The van der Waals surface area contributed by atoms with Gasteiger partial charge in [-0.3, -0.25) is 0 Å². The number of halogens is 1. The minimum Gasteiger partial charge on any atom is -0.418 e. The van der Waals surface area contributed by atoms with E-state index in [1.165, 1.54) is 6.92 Å². The molecule has 53 valence electrons. The molecule has 0 fully saturated rings. The highest BCUT2D eigenvalue weighted by molar-refractivity contribution is 7.80. The Bertz CT molecular complexity index is 159. The van der Waals surface area contributed by atoms with Gasteiger partial charge in [0.1, 0.15) is 5.76 Å². The van der Waals surface area contributed by atoms with Gasteiger partial charge in [0.05, 0.1) is 0 Å². The van der Waals surface area contributed by atoms with E-state index in [1.807, 2.05) is 0 Å². The molecule has 9 heavy (non-hydrogen) atoms. The first-order valence-electron chi connectivity index (χ1n) is 2.19. The SMILES string of the molecule is C/[C]=C(\C)OP(=O)(O)Cl. The Morgan fingerprint density at radius 1 is 1.89 bits per heavy atom. The zero-order valence-electron chi connectivity index (χ0n) is 5.09. The predicted molar refractivity (Wildman–Crippen MR) is 34.9 cm³/mol. The van der Waals surface area contributed by atoms with Gasteiger partial charge in [-0.05, 0) is 19.9 Å². The fourth-order valence-electron chi connectivity index (χ4n) is 0.215. The summed E-state index contributed by atoms with van der Waals surface area (Å²) < 4.78 is 14.5. The van der Waals surface area contributed by atoms with Gasteiger partial charge in [0.25, 0.3) is 0 Å². The van der Waals surface area contributed by atoms with Crippen molar-refractivity contribution in [2.24, 2.45) is 0 Å². The van der Waals surface area contributed by atoms with Crippen molar-refractivity contribution < 1.29 is 14.0 Å². The van der Waals surface area contributed by atoms with Crippen LogP contribution in [0.4, 0.5) is 0 Å². The third kappa shape index (κ3) is 5.90. The molecule has 0 aliphatic rings. The van der Waals surface area contributed by atoms with Crippen LogP contribution in [-0.4, -0.2) is 4.89 Å². The smallest absolute Gasteiger partial charge is 0.418 e. The zero-order valence-corrected chi connectivity index (χ0v) is 6.74. The van der Waals surface area contributed by atoms with Gasteiger partial charge in [0.15, 0.2) is 0 Å². The van der Waals surface area contributed by atoms with E-state index in [2.05, 4.69) is 10.6 Å². The topological polar surface area (TPSA) is 46.5 Å². The summed E-state index contributed by atoms with van der Waals surface area (Å²) in [6.07, 6.45) is 2.50. The summed E-state index contributed by atoms with van der Waals surface area (Å²) in [6.45, 7) is -0.817. The Hall–Kier alpha value is 0.0200. The second kappa shape index (κ2) is 3.25. The third-order valence-corrected chi connectivity index (χ3v) is 1.31. The Kier molecular flexibility index (Phi) is 3.26. The van der Waals surface area contributed by atoms with E-state index < -0.39 is 6.95 Å². The average molecular weight is 170 g/mol. The van der Waals surface area contributed by atoms with E-state index in [9.17, 15) is 4.57 Å². The van der Waals surface area contributed by atoms with Crippen molar-refractivity contribution in [3.63, 3.8) is 0 Å². The van der Waals surface area contributed by atoms with Crippen LogP contribution in [0.25, 0.3) is 0 Å². The molecule has 0 rings (SSSR count). The molecule has 1 N–H and O–H groups in total. The van der Waals surface area contributed by atoms with Crippen LogP contribution in [0.15, 0.2) is 5.76 Å². The van der Waals surface area contributed by atoms with Crippen molar-refractivity contribution in [1.29, 1.82) is 0 Å². The molecule has 1 unspecified atom stereocenters. The lowest BCUT2D eigenvalue weighted by molar-refractivity contribution is 0.342. The molecule has 3 nitrogen and oxygen atoms in total. The molecule has 0 aromatic heterocycles. The van der Waals surface area contributed by atoms with Crippen LogP contribution in [0.5, 0.6) is 0 Å². The maximum Gasteiger partial charge on any atom is 0.473 e. The molecule has 1 radical (unpaired) electrons. The first kappa shape index (κ1) is 9.02. The standard InChI is InChI=1S/C4H7ClO3P/c1-3-4(2)8-9(5,6)7/h1-2H3,(H,6,7). The minimum atomic E-state index is -3.87. The largest absolute Gasteiger partial charge is 0.473 e. The fourth-order valence-corrected chi connectivity index (χ4v) is 0.954. The van der Waals surface area contributed by atoms with E-state index in [-0.39, 0.29) is 5.76 Å². The van der Waals surface area contributed by atoms with Crippen LogP contribution in [-0.2, 0) is 9.09 Å². The van der Waals surface area contributed by atoms with Crippen molar-refractivity contribution in [2.45, 2.75) is 13.8 Å². The molecule has 0 heterocycles. The molecule has 5 heteroatoms. The highest BCUT2D eigenvalue weighted by Crippen LogP contribution is 2.49. The number of hydrogen-bond acceptors (Lipinski definition) is 2. The third-order valence-electron chi connectivity index (χ3n) is 0.602. The second-order valence-corrected chi connectivity index (χ2v) is 3.72. The summed E-state index contributed by atoms with van der Waals surface area (Å²) in [5, 5.41) is 0. The predicted octanol–water partition coefficient (Wildman–Crippen LogP) is 2.07. The minimum absolute atomic E-state index is 0.218. The highest BCUT2D eigenvalue weighted by Gasteiger charge is 2.14. The first-order chi connectivity index (χ1) is 3.95. The van der Waals surface area contributed by atoms with Crippen LogP contribution < -0.4 is 0 Å². The Morgan fingerprint density at radius 2 is 2.33 bits per heavy atom. The summed E-state index contributed by atoms with van der Waals surface area (Å²) in [7, 11) is 0. The zero-order chi connectivity index (χ0) is 7.49. The molecule has 0 saturated heterocycles. The summed E-state index contributed by atoms with van der Waals surface area (Å²) in [5.41, 5.74) is 0. The normalized spacial score (nSPS) is 18.9. The molecule has 0 bridgehead atoms. The maximum absolute atomic E-state index is 10.2. The summed E-state index contributed by atoms with van der Waals surface area (Å²) >= 11 is 4.83. The maximum atomic E-state index is 10.2. The van der Waals surface area contributed by atoms with Gasteiger partial charge < -0.3 is 9.42 Å². The van der Waals surface area contributed by atoms with Gasteiger partial charge in [0.2, 0.25) is 0 Å². The number of allylic oxidation sites excluding steroid dienone is 2. The fraction of sp³-hybridized carbons (Fsp3) is 0.500. The molecule has 1 atom stereocenters. The second-order valence-electron chi connectivity index (χ2n) is 1.35. The van der Waals surface area contributed by atoms with Crippen molar-refractivity contribution in [1.82, 2.24) is 0 Å². The van der Waals surface area contributed by atoms with Crippen molar-refractivity contribution in [3.8, 4) is 0 Å². The summed E-state index contributed by atoms with van der Waals surface area (Å²) in [5.74, 6) is 0.218. The Balaban J connectivity index is 3.90. The monoisotopic (exact) mass is 169 g/mol. The van der Waals surface area contributed by atoms with Crippen molar-refractivity contribution >= 4 is 18.2 Å². The van der Waals surface area contributed by atoms with Gasteiger partial charge in [-0.25, -0.2) is 4.57 Å². The number of hydrogen-bond donors (Lipinski definition) is 1. The quantitative estimate of drug-likeness (QED) is 0.509. The summed E-state index contributed by atoms with van der Waals surface area (Å²) in [6, 6.07) is 0.